The van der Waals surface area contributed by atoms with Gasteiger partial charge in [0.15, 0.2) is 5.96 Å². The monoisotopic (exact) mass is 446 g/mol. The molecule has 2 fully saturated rings. The predicted octanol–water partition coefficient (Wildman–Crippen LogP) is 1.22. The highest BCUT2D eigenvalue weighted by Gasteiger charge is 2.29. The van der Waals surface area contributed by atoms with E-state index in [-0.39, 0.29) is 5.75 Å². The molecule has 9 nitrogen and oxygen atoms in total. The first-order valence-electron chi connectivity index (χ1n) is 10.7. The van der Waals surface area contributed by atoms with Crippen LogP contribution in [-0.2, 0) is 15.8 Å². The Bertz CT molecular complexity index is 956. The number of para-hydroxylation sites is 1. The van der Waals surface area contributed by atoms with Gasteiger partial charge in [-0.3, -0.25) is 4.99 Å². The standard InChI is InChI=1S/C21H30N6O3S/c1-22-21(23-15-18-7-9-26(16-18)20-5-3-2-4-6-20)25-10-12-27(13-11-25)31(28,29)17-19-8-14-30-24-19/h2-6,8,14,18H,7,9-13,15-17H2,1H3,(H,22,23). The van der Waals surface area contributed by atoms with Crippen molar-refractivity contribution in [3.05, 3.63) is 48.4 Å². The van der Waals surface area contributed by atoms with Crippen LogP contribution in [0.2, 0.25) is 0 Å². The lowest BCUT2D eigenvalue weighted by Crippen LogP contribution is -2.54. The number of sulfonamides is 1. The van der Waals surface area contributed by atoms with Crippen molar-refractivity contribution in [1.29, 1.82) is 0 Å². The van der Waals surface area contributed by atoms with Gasteiger partial charge in [0.05, 0.1) is 5.69 Å². The van der Waals surface area contributed by atoms with Crippen molar-refractivity contribution >= 4 is 21.7 Å². The molecular formula is C21H30N6O3S. The highest BCUT2D eigenvalue weighted by molar-refractivity contribution is 7.88. The molecule has 3 heterocycles. The molecule has 1 aromatic heterocycles. The Morgan fingerprint density at radius 3 is 2.61 bits per heavy atom. The average Bonchev–Trinajstić information content (AvgIpc) is 3.47. The van der Waals surface area contributed by atoms with Gasteiger partial charge in [-0.1, -0.05) is 23.4 Å². The van der Waals surface area contributed by atoms with Crippen LogP contribution in [0.25, 0.3) is 0 Å². The summed E-state index contributed by atoms with van der Waals surface area (Å²) in [6.07, 6.45) is 2.54. The Labute approximate surface area is 183 Å². The maximum atomic E-state index is 12.6. The Kier molecular flexibility index (Phi) is 6.77. The third-order valence-electron chi connectivity index (χ3n) is 5.92. The van der Waals surface area contributed by atoms with Crippen LogP contribution in [-0.4, -0.2) is 81.6 Å². The molecule has 2 aliphatic rings. The molecule has 2 aromatic rings. The number of aromatic nitrogens is 1. The molecule has 0 saturated carbocycles. The molecule has 1 aromatic carbocycles. The van der Waals surface area contributed by atoms with Gasteiger partial charge < -0.3 is 19.6 Å². The summed E-state index contributed by atoms with van der Waals surface area (Å²) in [7, 11) is -1.62. The minimum atomic E-state index is -3.40. The first-order chi connectivity index (χ1) is 15.0. The normalized spacial score (nSPS) is 20.9. The summed E-state index contributed by atoms with van der Waals surface area (Å²) < 4.78 is 31.5. The maximum Gasteiger partial charge on any atom is 0.220 e. The molecule has 0 radical (unpaired) electrons. The quantitative estimate of drug-likeness (QED) is 0.527. The molecule has 168 valence electrons. The van der Waals surface area contributed by atoms with E-state index in [1.54, 1.807) is 13.1 Å². The molecule has 2 saturated heterocycles. The Balaban J connectivity index is 1.24. The number of benzene rings is 1. The van der Waals surface area contributed by atoms with Crippen molar-refractivity contribution < 1.29 is 12.9 Å². The number of anilines is 1. The third kappa shape index (κ3) is 5.37. The summed E-state index contributed by atoms with van der Waals surface area (Å²) in [5.41, 5.74) is 1.71. The summed E-state index contributed by atoms with van der Waals surface area (Å²) in [4.78, 5) is 8.98. The molecule has 2 aliphatic heterocycles. The van der Waals surface area contributed by atoms with Crippen LogP contribution in [0.4, 0.5) is 5.69 Å². The van der Waals surface area contributed by atoms with Gasteiger partial charge in [0.25, 0.3) is 0 Å². The molecule has 0 spiro atoms. The first kappa shape index (κ1) is 21.6. The van der Waals surface area contributed by atoms with E-state index in [4.69, 9.17) is 4.52 Å². The summed E-state index contributed by atoms with van der Waals surface area (Å²) in [6.45, 7) is 5.05. The number of guanidine groups is 1. The van der Waals surface area contributed by atoms with Crippen LogP contribution in [0.5, 0.6) is 0 Å². The van der Waals surface area contributed by atoms with Crippen molar-refractivity contribution in [2.24, 2.45) is 10.9 Å². The fraction of sp³-hybridized carbons (Fsp3) is 0.524. The van der Waals surface area contributed by atoms with Gasteiger partial charge in [-0.15, -0.1) is 0 Å². The second kappa shape index (κ2) is 9.69. The van der Waals surface area contributed by atoms with Gasteiger partial charge in [-0.05, 0) is 24.5 Å². The van der Waals surface area contributed by atoms with E-state index in [1.165, 1.54) is 16.3 Å². The fourth-order valence-corrected chi connectivity index (χ4v) is 5.63. The largest absolute Gasteiger partial charge is 0.371 e. The fourth-order valence-electron chi connectivity index (χ4n) is 4.21. The maximum absolute atomic E-state index is 12.6. The molecule has 0 aliphatic carbocycles. The van der Waals surface area contributed by atoms with Gasteiger partial charge in [-0.25, -0.2) is 8.42 Å². The number of nitrogens with one attached hydrogen (secondary N) is 1. The van der Waals surface area contributed by atoms with Gasteiger partial charge in [0.1, 0.15) is 12.0 Å². The van der Waals surface area contributed by atoms with E-state index in [0.29, 0.717) is 37.8 Å². The van der Waals surface area contributed by atoms with Crippen LogP contribution >= 0.6 is 0 Å². The molecule has 10 heteroatoms. The molecule has 4 rings (SSSR count). The minimum absolute atomic E-state index is 0.129. The predicted molar refractivity (Wildman–Crippen MR) is 120 cm³/mol. The number of rotatable bonds is 6. The first-order valence-corrected chi connectivity index (χ1v) is 12.3. The Morgan fingerprint density at radius 2 is 1.94 bits per heavy atom. The summed E-state index contributed by atoms with van der Waals surface area (Å²) >= 11 is 0. The van der Waals surface area contributed by atoms with Crippen LogP contribution in [0.3, 0.4) is 0 Å². The molecule has 1 atom stereocenters. The minimum Gasteiger partial charge on any atom is -0.371 e. The lowest BCUT2D eigenvalue weighted by molar-refractivity contribution is 0.259. The number of hydrogen-bond acceptors (Lipinski definition) is 6. The number of nitrogens with zero attached hydrogens (tertiary/aromatic N) is 5. The van der Waals surface area contributed by atoms with Crippen LogP contribution < -0.4 is 10.2 Å². The van der Waals surface area contributed by atoms with E-state index in [9.17, 15) is 8.42 Å². The Morgan fingerprint density at radius 1 is 1.16 bits per heavy atom. The van der Waals surface area contributed by atoms with Crippen molar-refractivity contribution in [2.75, 3.05) is 57.8 Å². The van der Waals surface area contributed by atoms with E-state index >= 15 is 0 Å². The highest BCUT2D eigenvalue weighted by Crippen LogP contribution is 2.23. The SMILES string of the molecule is CN=C(NCC1CCN(c2ccccc2)C1)N1CCN(S(=O)(=O)Cc2ccon2)CC1. The van der Waals surface area contributed by atoms with Crippen LogP contribution in [0.1, 0.15) is 12.1 Å². The topological polar surface area (TPSA) is 94.3 Å². The van der Waals surface area contributed by atoms with Crippen molar-refractivity contribution in [2.45, 2.75) is 12.2 Å². The molecule has 1 unspecified atom stereocenters. The molecule has 1 N–H and O–H groups in total. The van der Waals surface area contributed by atoms with Gasteiger partial charge in [0.2, 0.25) is 10.0 Å². The number of aliphatic imine (C=N–C) groups is 1. The van der Waals surface area contributed by atoms with Gasteiger partial charge >= 0.3 is 0 Å². The molecule has 0 amide bonds. The van der Waals surface area contributed by atoms with Crippen molar-refractivity contribution in [3.63, 3.8) is 0 Å². The van der Waals surface area contributed by atoms with Crippen LogP contribution in [0.15, 0.2) is 52.2 Å². The Hall–Kier alpha value is -2.59. The van der Waals surface area contributed by atoms with Crippen molar-refractivity contribution in [3.8, 4) is 0 Å². The second-order valence-electron chi connectivity index (χ2n) is 8.00. The van der Waals surface area contributed by atoms with E-state index in [1.807, 2.05) is 6.07 Å². The molecular weight excluding hydrogens is 416 g/mol. The summed E-state index contributed by atoms with van der Waals surface area (Å²) in [5, 5.41) is 7.22. The summed E-state index contributed by atoms with van der Waals surface area (Å²) in [6, 6.07) is 12.1. The number of piperazine rings is 1. The molecule has 0 bridgehead atoms. The lowest BCUT2D eigenvalue weighted by atomic mass is 10.1. The molecule has 31 heavy (non-hydrogen) atoms. The van der Waals surface area contributed by atoms with Gasteiger partial charge in [0, 0.05) is 64.6 Å². The van der Waals surface area contributed by atoms with Crippen molar-refractivity contribution in [1.82, 2.24) is 19.7 Å². The van der Waals surface area contributed by atoms with E-state index < -0.39 is 10.0 Å². The second-order valence-corrected chi connectivity index (χ2v) is 9.97. The van der Waals surface area contributed by atoms with E-state index in [2.05, 4.69) is 49.5 Å². The van der Waals surface area contributed by atoms with E-state index in [0.717, 1.165) is 32.0 Å². The highest BCUT2D eigenvalue weighted by atomic mass is 32.2. The van der Waals surface area contributed by atoms with Gasteiger partial charge in [-0.2, -0.15) is 4.31 Å². The zero-order valence-corrected chi connectivity index (χ0v) is 18.7. The smallest absolute Gasteiger partial charge is 0.220 e. The number of hydrogen-bond donors (Lipinski definition) is 1. The van der Waals surface area contributed by atoms with Crippen LogP contribution in [0, 0.1) is 5.92 Å². The average molecular weight is 447 g/mol. The summed E-state index contributed by atoms with van der Waals surface area (Å²) in [5.74, 6) is 1.27. The lowest BCUT2D eigenvalue weighted by Gasteiger charge is -2.36. The zero-order valence-electron chi connectivity index (χ0n) is 17.9. The zero-order chi connectivity index (χ0) is 21.7. The third-order valence-corrected chi connectivity index (χ3v) is 7.73.